The van der Waals surface area contributed by atoms with E-state index in [-0.39, 0.29) is 29.7 Å². The Hall–Kier alpha value is -2.63. The Morgan fingerprint density at radius 2 is 1.66 bits per heavy atom. The van der Waals surface area contributed by atoms with Crippen molar-refractivity contribution in [3.63, 3.8) is 0 Å². The Balaban J connectivity index is 1.42. The lowest BCUT2D eigenvalue weighted by molar-refractivity contribution is -0.122. The van der Waals surface area contributed by atoms with Gasteiger partial charge in [-0.25, -0.2) is 0 Å². The number of hydrogen-bond donors (Lipinski definition) is 0. The van der Waals surface area contributed by atoms with Gasteiger partial charge in [-0.15, -0.1) is 0 Å². The molecule has 150 valence electrons. The summed E-state index contributed by atoms with van der Waals surface area (Å²) in [4.78, 5) is 29.9. The average molecular weight is 390 g/mol. The molecule has 6 heteroatoms. The minimum Gasteiger partial charge on any atom is -0.308 e. The zero-order chi connectivity index (χ0) is 19.7. The summed E-state index contributed by atoms with van der Waals surface area (Å²) in [6.07, 6.45) is 10.4. The number of carbonyl (C=O) groups is 2. The Labute approximate surface area is 170 Å². The molecule has 2 heterocycles. The highest BCUT2D eigenvalue weighted by molar-refractivity contribution is 6.07. The topological polar surface area (TPSA) is 58.4 Å². The highest BCUT2D eigenvalue weighted by atomic mass is 16.2. The lowest BCUT2D eigenvalue weighted by atomic mass is 10.0. The predicted molar refractivity (Wildman–Crippen MR) is 111 cm³/mol. The van der Waals surface area contributed by atoms with Gasteiger partial charge in [0.2, 0.25) is 11.8 Å². The molecule has 3 fully saturated rings. The first kappa shape index (κ1) is 17.2. The number of benzene rings is 1. The molecule has 0 N–H and O–H groups in total. The van der Waals surface area contributed by atoms with E-state index >= 15 is 0 Å². The van der Waals surface area contributed by atoms with Crippen LogP contribution in [0.1, 0.15) is 51.5 Å². The molecule has 6 nitrogen and oxygen atoms in total. The molecule has 1 atom stereocenters. The first-order valence-corrected chi connectivity index (χ1v) is 10.9. The van der Waals surface area contributed by atoms with Gasteiger partial charge in [0.25, 0.3) is 0 Å². The number of anilines is 2. The van der Waals surface area contributed by atoms with Crippen LogP contribution in [-0.2, 0) is 9.59 Å². The first-order chi connectivity index (χ1) is 14.1. The van der Waals surface area contributed by atoms with Crippen LogP contribution in [0.25, 0.3) is 11.1 Å². The van der Waals surface area contributed by atoms with Gasteiger partial charge in [0.05, 0.1) is 29.7 Å². The van der Waals surface area contributed by atoms with Crippen LogP contribution >= 0.6 is 0 Å². The van der Waals surface area contributed by atoms with Crippen molar-refractivity contribution in [2.24, 2.45) is 11.8 Å². The van der Waals surface area contributed by atoms with Gasteiger partial charge in [-0.1, -0.05) is 6.07 Å². The molecule has 2 amide bonds. The van der Waals surface area contributed by atoms with Crippen LogP contribution in [0, 0.1) is 11.8 Å². The van der Waals surface area contributed by atoms with Gasteiger partial charge in [-0.05, 0) is 63.1 Å². The van der Waals surface area contributed by atoms with Crippen LogP contribution in [0.3, 0.4) is 0 Å². The van der Waals surface area contributed by atoms with E-state index in [0.717, 1.165) is 48.2 Å². The quantitative estimate of drug-likeness (QED) is 0.798. The van der Waals surface area contributed by atoms with Crippen molar-refractivity contribution in [2.45, 2.75) is 57.5 Å². The summed E-state index contributed by atoms with van der Waals surface area (Å²) in [5.41, 5.74) is 3.88. The van der Waals surface area contributed by atoms with Crippen molar-refractivity contribution in [1.82, 2.24) is 9.78 Å². The fourth-order valence-corrected chi connectivity index (χ4v) is 4.45. The Morgan fingerprint density at radius 1 is 0.931 bits per heavy atom. The average Bonchev–Trinajstić information content (AvgIpc) is 3.59. The molecule has 3 aliphatic carbocycles. The van der Waals surface area contributed by atoms with E-state index in [1.807, 2.05) is 26.7 Å². The largest absolute Gasteiger partial charge is 0.308 e. The Morgan fingerprint density at radius 3 is 2.34 bits per heavy atom. The molecule has 0 spiro atoms. The van der Waals surface area contributed by atoms with E-state index in [1.165, 1.54) is 12.8 Å². The minimum atomic E-state index is 0.00164. The Bertz CT molecular complexity index is 1000. The molecule has 29 heavy (non-hydrogen) atoms. The summed E-state index contributed by atoms with van der Waals surface area (Å²) in [5, 5.41) is 4.52. The molecule has 1 aromatic heterocycles. The molecule has 6 rings (SSSR count). The van der Waals surface area contributed by atoms with Gasteiger partial charge < -0.3 is 9.80 Å². The number of hydrogen-bond acceptors (Lipinski definition) is 3. The van der Waals surface area contributed by atoms with Crippen molar-refractivity contribution in [2.75, 3.05) is 16.3 Å². The number of fused-ring (bicyclic) bond motifs is 1. The minimum absolute atomic E-state index is 0.00164. The lowest BCUT2D eigenvalue weighted by Crippen LogP contribution is -2.52. The fraction of sp³-hybridized carbons (Fsp3) is 0.522. The summed E-state index contributed by atoms with van der Waals surface area (Å²) in [7, 11) is 0. The van der Waals surface area contributed by atoms with Gasteiger partial charge in [0.15, 0.2) is 0 Å². The second kappa shape index (κ2) is 6.18. The third-order valence-electron chi connectivity index (χ3n) is 6.63. The second-order valence-electron chi connectivity index (χ2n) is 9.20. The highest BCUT2D eigenvalue weighted by Gasteiger charge is 2.43. The molecule has 2 aromatic rings. The van der Waals surface area contributed by atoms with E-state index in [1.54, 1.807) is 0 Å². The molecule has 4 aliphatic rings. The molecule has 0 bridgehead atoms. The molecular formula is C23H26N4O2. The standard InChI is InChI=1S/C23H26N4O2/c1-14-12-25(22(28)15-2-3-15)21-10-17(18-11-24-26(13-18)19-7-8-19)6-9-20(21)27(14)23(29)16-4-5-16/h6,9-11,13-16,19H,2-5,7-8,12H2,1H3. The lowest BCUT2D eigenvalue weighted by Gasteiger charge is -2.41. The van der Waals surface area contributed by atoms with Crippen LogP contribution in [0.2, 0.25) is 0 Å². The maximum Gasteiger partial charge on any atom is 0.230 e. The first-order valence-electron chi connectivity index (χ1n) is 10.9. The second-order valence-corrected chi connectivity index (χ2v) is 9.20. The molecule has 1 aromatic carbocycles. The highest BCUT2D eigenvalue weighted by Crippen LogP contribution is 2.44. The third kappa shape index (κ3) is 2.96. The molecule has 1 aliphatic heterocycles. The van der Waals surface area contributed by atoms with Crippen molar-refractivity contribution >= 4 is 23.2 Å². The number of carbonyl (C=O) groups excluding carboxylic acids is 2. The Kier molecular flexibility index (Phi) is 3.68. The number of nitrogens with zero attached hydrogens (tertiary/aromatic N) is 4. The molecular weight excluding hydrogens is 364 g/mol. The van der Waals surface area contributed by atoms with E-state index in [2.05, 4.69) is 30.4 Å². The number of rotatable bonds is 4. The van der Waals surface area contributed by atoms with Crippen molar-refractivity contribution in [3.8, 4) is 11.1 Å². The maximum absolute atomic E-state index is 13.0. The van der Waals surface area contributed by atoms with Crippen LogP contribution in [0.5, 0.6) is 0 Å². The summed E-state index contributed by atoms with van der Waals surface area (Å²) in [6.45, 7) is 2.63. The van der Waals surface area contributed by atoms with Crippen molar-refractivity contribution < 1.29 is 9.59 Å². The van der Waals surface area contributed by atoms with Crippen molar-refractivity contribution in [3.05, 3.63) is 30.6 Å². The van der Waals surface area contributed by atoms with E-state index in [4.69, 9.17) is 0 Å². The van der Waals surface area contributed by atoms with Crippen LogP contribution < -0.4 is 9.80 Å². The summed E-state index contributed by atoms with van der Waals surface area (Å²) in [6, 6.07) is 6.73. The molecule has 1 unspecified atom stereocenters. The van der Waals surface area contributed by atoms with E-state index in [9.17, 15) is 9.59 Å². The zero-order valence-electron chi connectivity index (χ0n) is 16.8. The monoisotopic (exact) mass is 390 g/mol. The number of aromatic nitrogens is 2. The fourth-order valence-electron chi connectivity index (χ4n) is 4.45. The third-order valence-corrected chi connectivity index (χ3v) is 6.63. The van der Waals surface area contributed by atoms with E-state index in [0.29, 0.717) is 12.6 Å². The van der Waals surface area contributed by atoms with Gasteiger partial charge in [-0.2, -0.15) is 5.10 Å². The van der Waals surface area contributed by atoms with Crippen LogP contribution in [-0.4, -0.2) is 34.2 Å². The van der Waals surface area contributed by atoms with Gasteiger partial charge in [-0.3, -0.25) is 14.3 Å². The summed E-state index contributed by atoms with van der Waals surface area (Å²) < 4.78 is 2.05. The normalized spacial score (nSPS) is 23.8. The van der Waals surface area contributed by atoms with Crippen molar-refractivity contribution in [1.29, 1.82) is 0 Å². The van der Waals surface area contributed by atoms with Crippen LogP contribution in [0.15, 0.2) is 30.6 Å². The summed E-state index contributed by atoms with van der Waals surface area (Å²) >= 11 is 0. The van der Waals surface area contributed by atoms with Gasteiger partial charge in [0.1, 0.15) is 0 Å². The molecule has 0 radical (unpaired) electrons. The zero-order valence-corrected chi connectivity index (χ0v) is 16.8. The van der Waals surface area contributed by atoms with Gasteiger partial charge in [0, 0.05) is 30.1 Å². The van der Waals surface area contributed by atoms with E-state index < -0.39 is 0 Å². The molecule has 0 saturated heterocycles. The van der Waals surface area contributed by atoms with Crippen LogP contribution in [0.4, 0.5) is 11.4 Å². The van der Waals surface area contributed by atoms with Gasteiger partial charge >= 0.3 is 0 Å². The SMILES string of the molecule is CC1CN(C(=O)C2CC2)c2cc(-c3cnn(C4CC4)c3)ccc2N1C(=O)C1CC1. The maximum atomic E-state index is 13.0. The smallest absolute Gasteiger partial charge is 0.230 e. The molecule has 3 saturated carbocycles. The summed E-state index contributed by atoms with van der Waals surface area (Å²) in [5.74, 6) is 0.739. The predicted octanol–water partition coefficient (Wildman–Crippen LogP) is 3.77. The number of amides is 2.